The monoisotopic (exact) mass is 307 g/mol. The molecule has 0 aromatic rings. The molecule has 1 rings (SSSR count). The largest absolute Gasteiger partial charge is 0.392 e. The van der Waals surface area contributed by atoms with Crippen LogP contribution in [0.25, 0.3) is 0 Å². The van der Waals surface area contributed by atoms with E-state index in [1.54, 1.807) is 20.8 Å². The zero-order valence-corrected chi connectivity index (χ0v) is 12.9. The average molecular weight is 307 g/mol. The van der Waals surface area contributed by atoms with Crippen LogP contribution in [0.2, 0.25) is 0 Å². The second-order valence-electron chi connectivity index (χ2n) is 6.23. The van der Waals surface area contributed by atoms with Crippen molar-refractivity contribution in [1.29, 1.82) is 0 Å². The summed E-state index contributed by atoms with van der Waals surface area (Å²) >= 11 is 0. The molecule has 1 aliphatic heterocycles. The molecule has 2 amide bonds. The van der Waals surface area contributed by atoms with E-state index in [-0.39, 0.29) is 30.6 Å². The first kappa shape index (κ1) is 18.0. The van der Waals surface area contributed by atoms with Crippen LogP contribution in [0.3, 0.4) is 0 Å². The van der Waals surface area contributed by atoms with Crippen molar-refractivity contribution in [3.8, 4) is 0 Å². The maximum absolute atomic E-state index is 12.8. The molecule has 3 nitrogen and oxygen atoms in total. The van der Waals surface area contributed by atoms with Crippen LogP contribution in [0.5, 0.6) is 0 Å². The van der Waals surface area contributed by atoms with E-state index < -0.39 is 18.0 Å². The Kier molecular flexibility index (Phi) is 6.23. The molecule has 6 heteroatoms. The second-order valence-corrected chi connectivity index (χ2v) is 6.23. The van der Waals surface area contributed by atoms with Gasteiger partial charge in [0.15, 0.2) is 0 Å². The van der Waals surface area contributed by atoms with Crippen LogP contribution >= 0.6 is 0 Å². The number of imide groups is 1. The Morgan fingerprint density at radius 3 is 2.24 bits per heavy atom. The fourth-order valence-corrected chi connectivity index (χ4v) is 2.77. The van der Waals surface area contributed by atoms with E-state index in [4.69, 9.17) is 0 Å². The minimum Gasteiger partial charge on any atom is -0.282 e. The van der Waals surface area contributed by atoms with E-state index in [1.807, 2.05) is 0 Å². The van der Waals surface area contributed by atoms with Crippen molar-refractivity contribution in [3.63, 3.8) is 0 Å². The third-order valence-corrected chi connectivity index (χ3v) is 4.09. The van der Waals surface area contributed by atoms with Gasteiger partial charge in [-0.3, -0.25) is 14.5 Å². The van der Waals surface area contributed by atoms with E-state index in [2.05, 4.69) is 0 Å². The zero-order valence-electron chi connectivity index (χ0n) is 12.9. The van der Waals surface area contributed by atoms with Crippen molar-refractivity contribution < 1.29 is 22.8 Å². The van der Waals surface area contributed by atoms with Crippen LogP contribution in [-0.2, 0) is 9.59 Å². The number of rotatable bonds is 7. The fourth-order valence-electron chi connectivity index (χ4n) is 2.77. The molecule has 0 saturated carbocycles. The Hall–Kier alpha value is -1.07. The molecular formula is C15H24F3NO2. The summed E-state index contributed by atoms with van der Waals surface area (Å²) in [5, 5.41) is 0. The Labute approximate surface area is 123 Å². The Morgan fingerprint density at radius 2 is 1.81 bits per heavy atom. The van der Waals surface area contributed by atoms with Crippen molar-refractivity contribution >= 4 is 11.8 Å². The second kappa shape index (κ2) is 7.27. The van der Waals surface area contributed by atoms with Crippen LogP contribution < -0.4 is 0 Å². The summed E-state index contributed by atoms with van der Waals surface area (Å²) in [6, 6.07) is 0. The third-order valence-electron chi connectivity index (χ3n) is 4.09. The Balaban J connectivity index is 2.28. The number of carbonyl (C=O) groups is 2. The first-order valence-corrected chi connectivity index (χ1v) is 7.55. The van der Waals surface area contributed by atoms with Gasteiger partial charge in [0.25, 0.3) is 0 Å². The Bertz CT molecular complexity index is 380. The maximum Gasteiger partial charge on any atom is 0.392 e. The molecule has 0 aromatic carbocycles. The molecule has 21 heavy (non-hydrogen) atoms. The lowest BCUT2D eigenvalue weighted by Gasteiger charge is -2.23. The van der Waals surface area contributed by atoms with E-state index >= 15 is 0 Å². The molecule has 0 bridgehead atoms. The molecule has 1 saturated heterocycles. The predicted molar refractivity (Wildman–Crippen MR) is 73.4 cm³/mol. The SMILES string of the molecule is CC1CC(=O)N(CCCCCC(C(C)C)C(F)(F)F)C1=O. The number of hydrogen-bond donors (Lipinski definition) is 0. The molecule has 0 spiro atoms. The van der Waals surface area contributed by atoms with Crippen molar-refractivity contribution in [3.05, 3.63) is 0 Å². The van der Waals surface area contributed by atoms with Crippen LogP contribution in [0, 0.1) is 17.8 Å². The summed E-state index contributed by atoms with van der Waals surface area (Å²) in [5.41, 5.74) is 0. The third kappa shape index (κ3) is 5.00. The zero-order chi connectivity index (χ0) is 16.2. The van der Waals surface area contributed by atoms with Gasteiger partial charge in [-0.05, 0) is 18.8 Å². The normalized spacial score (nSPS) is 21.5. The van der Waals surface area contributed by atoms with Crippen LogP contribution in [0.1, 0.15) is 52.9 Å². The van der Waals surface area contributed by atoms with Crippen LogP contribution in [0.15, 0.2) is 0 Å². The number of alkyl halides is 3. The fraction of sp³-hybridized carbons (Fsp3) is 0.867. The van der Waals surface area contributed by atoms with Gasteiger partial charge in [0, 0.05) is 18.9 Å². The predicted octanol–water partition coefficient (Wildman–Crippen LogP) is 3.78. The summed E-state index contributed by atoms with van der Waals surface area (Å²) in [5.74, 6) is -2.27. The van der Waals surface area contributed by atoms with Crippen molar-refractivity contribution in [2.75, 3.05) is 6.54 Å². The van der Waals surface area contributed by atoms with Crippen molar-refractivity contribution in [2.45, 2.75) is 59.1 Å². The maximum atomic E-state index is 12.8. The van der Waals surface area contributed by atoms with Gasteiger partial charge < -0.3 is 0 Å². The average Bonchev–Trinajstić information content (AvgIpc) is 2.57. The number of unbranched alkanes of at least 4 members (excludes halogenated alkanes) is 2. The number of hydrogen-bond acceptors (Lipinski definition) is 2. The molecule has 122 valence electrons. The minimum absolute atomic E-state index is 0.111. The molecular weight excluding hydrogens is 283 g/mol. The van der Waals surface area contributed by atoms with Crippen molar-refractivity contribution in [1.82, 2.24) is 4.90 Å². The number of nitrogens with zero attached hydrogens (tertiary/aromatic N) is 1. The summed E-state index contributed by atoms with van der Waals surface area (Å²) in [7, 11) is 0. The first-order chi connectivity index (χ1) is 9.64. The number of halogens is 3. The summed E-state index contributed by atoms with van der Waals surface area (Å²) in [6.07, 6.45) is -2.14. The van der Waals surface area contributed by atoms with Gasteiger partial charge in [0.2, 0.25) is 11.8 Å². The molecule has 1 heterocycles. The van der Waals surface area contributed by atoms with E-state index in [9.17, 15) is 22.8 Å². The van der Waals surface area contributed by atoms with Gasteiger partial charge in [-0.15, -0.1) is 0 Å². The lowest BCUT2D eigenvalue weighted by molar-refractivity contribution is -0.187. The number of likely N-dealkylation sites (tertiary alicyclic amines) is 1. The van der Waals surface area contributed by atoms with Gasteiger partial charge in [-0.25, -0.2) is 0 Å². The topological polar surface area (TPSA) is 37.4 Å². The highest BCUT2D eigenvalue weighted by Gasteiger charge is 2.40. The summed E-state index contributed by atoms with van der Waals surface area (Å²) in [4.78, 5) is 24.5. The van der Waals surface area contributed by atoms with Gasteiger partial charge in [0.1, 0.15) is 0 Å². The van der Waals surface area contributed by atoms with Crippen LogP contribution in [-0.4, -0.2) is 29.4 Å². The quantitative estimate of drug-likeness (QED) is 0.530. The minimum atomic E-state index is -4.15. The lowest BCUT2D eigenvalue weighted by atomic mass is 9.90. The standard InChI is InChI=1S/C15H24F3NO2/c1-10(2)12(15(16,17)18)7-5-4-6-8-19-13(20)9-11(3)14(19)21/h10-12H,4-9H2,1-3H3. The lowest BCUT2D eigenvalue weighted by Crippen LogP contribution is -2.31. The highest BCUT2D eigenvalue weighted by atomic mass is 19.4. The summed E-state index contributed by atoms with van der Waals surface area (Å²) in [6.45, 7) is 5.22. The van der Waals surface area contributed by atoms with E-state index in [0.717, 1.165) is 0 Å². The Morgan fingerprint density at radius 1 is 1.19 bits per heavy atom. The molecule has 0 aromatic heterocycles. The van der Waals surface area contributed by atoms with E-state index in [1.165, 1.54) is 4.90 Å². The molecule has 2 atom stereocenters. The van der Waals surface area contributed by atoms with E-state index in [0.29, 0.717) is 25.8 Å². The van der Waals surface area contributed by atoms with Gasteiger partial charge in [0.05, 0.1) is 5.92 Å². The van der Waals surface area contributed by atoms with Gasteiger partial charge >= 0.3 is 6.18 Å². The molecule has 1 fully saturated rings. The molecule has 1 aliphatic rings. The highest BCUT2D eigenvalue weighted by Crippen LogP contribution is 2.35. The van der Waals surface area contributed by atoms with Gasteiger partial charge in [-0.2, -0.15) is 13.2 Å². The molecule has 2 unspecified atom stereocenters. The highest BCUT2D eigenvalue weighted by molar-refractivity contribution is 6.03. The smallest absolute Gasteiger partial charge is 0.282 e. The molecule has 0 N–H and O–H groups in total. The molecule has 0 radical (unpaired) electrons. The molecule has 0 aliphatic carbocycles. The number of amides is 2. The first-order valence-electron chi connectivity index (χ1n) is 7.55. The number of carbonyl (C=O) groups excluding carboxylic acids is 2. The summed E-state index contributed by atoms with van der Waals surface area (Å²) < 4.78 is 38.3. The van der Waals surface area contributed by atoms with Crippen molar-refractivity contribution in [2.24, 2.45) is 17.8 Å². The van der Waals surface area contributed by atoms with Gasteiger partial charge in [-0.1, -0.05) is 33.6 Å². The van der Waals surface area contributed by atoms with Crippen LogP contribution in [0.4, 0.5) is 13.2 Å².